The first kappa shape index (κ1) is 29.5. The lowest BCUT2D eigenvalue weighted by Crippen LogP contribution is -2.46. The van der Waals surface area contributed by atoms with Gasteiger partial charge in [-0.15, -0.1) is 11.3 Å². The molecule has 0 unspecified atom stereocenters. The third-order valence-electron chi connectivity index (χ3n) is 7.23. The lowest BCUT2D eigenvalue weighted by atomic mass is 10.0. The van der Waals surface area contributed by atoms with E-state index in [1.165, 1.54) is 21.3 Å². The van der Waals surface area contributed by atoms with Gasteiger partial charge in [-0.1, -0.05) is 36.9 Å². The van der Waals surface area contributed by atoms with Crippen molar-refractivity contribution < 1.29 is 23.7 Å². The van der Waals surface area contributed by atoms with Crippen LogP contribution in [-0.2, 0) is 16.0 Å². The van der Waals surface area contributed by atoms with Crippen LogP contribution in [0, 0.1) is 0 Å². The highest BCUT2D eigenvalue weighted by molar-refractivity contribution is 7.13. The van der Waals surface area contributed by atoms with Gasteiger partial charge < -0.3 is 24.3 Å². The predicted molar refractivity (Wildman–Crippen MR) is 172 cm³/mol. The van der Waals surface area contributed by atoms with Gasteiger partial charge in [-0.25, -0.2) is 0 Å². The minimum absolute atomic E-state index is 0.0706. The van der Waals surface area contributed by atoms with E-state index in [1.54, 1.807) is 42.1 Å². The SMILES string of the molecule is C=c1/c(=C(/C)OC)c(=O)n(-c2cccc(CC(=O)Nc3cc(OC)c(OC)c(OC)c3)c2)c2cccc(-c3cccs3)c12. The van der Waals surface area contributed by atoms with Crippen LogP contribution in [0.1, 0.15) is 12.5 Å². The molecule has 1 N–H and O–H groups in total. The number of hydrogen-bond acceptors (Lipinski definition) is 7. The standard InChI is InChI=1S/C34H32N2O6S/c1-20-31(21(2)39-3)34(38)36(26-13-8-12-25(32(20)26)29-14-9-15-43-29)24-11-7-10-22(16-24)17-30(37)35-23-18-27(40-4)33(42-6)28(19-23)41-5/h7-16,18-19H,1,17H2,2-6H3,(H,35,37)/b31-21+. The van der Waals surface area contributed by atoms with E-state index in [2.05, 4.69) is 11.9 Å². The maximum atomic E-state index is 14.1. The number of ether oxygens (including phenoxy) is 4. The van der Waals surface area contributed by atoms with Crippen molar-refractivity contribution in [1.82, 2.24) is 4.57 Å². The van der Waals surface area contributed by atoms with Crippen molar-refractivity contribution in [3.63, 3.8) is 0 Å². The largest absolute Gasteiger partial charge is 0.501 e. The molecule has 0 atom stereocenters. The van der Waals surface area contributed by atoms with Crippen molar-refractivity contribution >= 4 is 46.2 Å². The summed E-state index contributed by atoms with van der Waals surface area (Å²) < 4.78 is 23.4. The zero-order valence-electron chi connectivity index (χ0n) is 24.6. The number of hydrogen-bond donors (Lipinski definition) is 1. The molecule has 0 aliphatic heterocycles. The number of carbonyl (C=O) groups is 1. The molecule has 1 amide bonds. The van der Waals surface area contributed by atoms with E-state index >= 15 is 0 Å². The van der Waals surface area contributed by atoms with Gasteiger partial charge in [-0.05, 0) is 47.4 Å². The summed E-state index contributed by atoms with van der Waals surface area (Å²) in [4.78, 5) is 28.3. The molecule has 0 spiro atoms. The molecule has 0 saturated heterocycles. The van der Waals surface area contributed by atoms with Crippen LogP contribution < -0.4 is 35.5 Å². The number of amides is 1. The number of aromatic nitrogens is 1. The van der Waals surface area contributed by atoms with Crippen LogP contribution in [0.15, 0.2) is 76.9 Å². The molecule has 0 aliphatic rings. The van der Waals surface area contributed by atoms with E-state index in [1.807, 2.05) is 60.0 Å². The molecule has 0 saturated carbocycles. The summed E-state index contributed by atoms with van der Waals surface area (Å²) in [5.41, 5.74) is 3.30. The van der Waals surface area contributed by atoms with E-state index in [-0.39, 0.29) is 17.9 Å². The highest BCUT2D eigenvalue weighted by atomic mass is 32.1. The summed E-state index contributed by atoms with van der Waals surface area (Å²) in [7, 11) is 6.09. The molecular formula is C34H32N2O6S. The zero-order chi connectivity index (χ0) is 30.7. The lowest BCUT2D eigenvalue weighted by molar-refractivity contribution is -0.115. The van der Waals surface area contributed by atoms with Gasteiger partial charge in [0.2, 0.25) is 11.7 Å². The topological polar surface area (TPSA) is 88.0 Å². The van der Waals surface area contributed by atoms with E-state index < -0.39 is 0 Å². The van der Waals surface area contributed by atoms with Gasteiger partial charge in [0.1, 0.15) is 5.76 Å². The fourth-order valence-electron chi connectivity index (χ4n) is 5.23. The third-order valence-corrected chi connectivity index (χ3v) is 8.13. The molecular weight excluding hydrogens is 564 g/mol. The van der Waals surface area contributed by atoms with Crippen molar-refractivity contribution in [2.45, 2.75) is 13.3 Å². The fourth-order valence-corrected chi connectivity index (χ4v) is 5.98. The number of methoxy groups -OCH3 is 4. The average Bonchev–Trinajstić information content (AvgIpc) is 3.55. The lowest BCUT2D eigenvalue weighted by Gasteiger charge is -2.16. The van der Waals surface area contributed by atoms with E-state index in [9.17, 15) is 9.59 Å². The quantitative estimate of drug-likeness (QED) is 0.255. The van der Waals surface area contributed by atoms with Crippen molar-refractivity contribution in [2.24, 2.45) is 0 Å². The molecule has 43 heavy (non-hydrogen) atoms. The molecule has 8 nitrogen and oxygen atoms in total. The second-order valence-corrected chi connectivity index (χ2v) is 10.7. The molecule has 5 rings (SSSR count). The Balaban J connectivity index is 1.59. The van der Waals surface area contributed by atoms with Gasteiger partial charge in [0.05, 0.1) is 45.6 Å². The van der Waals surface area contributed by atoms with Crippen LogP contribution >= 0.6 is 11.3 Å². The first-order valence-corrected chi connectivity index (χ1v) is 14.3. The summed E-state index contributed by atoms with van der Waals surface area (Å²) >= 11 is 1.62. The van der Waals surface area contributed by atoms with Crippen LogP contribution in [0.4, 0.5) is 5.69 Å². The van der Waals surface area contributed by atoms with Gasteiger partial charge in [0, 0.05) is 39.3 Å². The molecule has 3 aromatic carbocycles. The summed E-state index contributed by atoms with van der Waals surface area (Å²) in [6, 6.07) is 20.7. The highest BCUT2D eigenvalue weighted by Crippen LogP contribution is 2.40. The number of fused-ring (bicyclic) bond motifs is 1. The maximum absolute atomic E-state index is 14.1. The minimum atomic E-state index is -0.251. The third kappa shape index (κ3) is 5.59. The Hall–Kier alpha value is -5.02. The first-order valence-electron chi connectivity index (χ1n) is 13.5. The number of rotatable bonds is 9. The van der Waals surface area contributed by atoms with Gasteiger partial charge in [0.25, 0.3) is 5.56 Å². The molecule has 0 aliphatic carbocycles. The molecule has 0 fully saturated rings. The predicted octanol–water partition coefficient (Wildman–Crippen LogP) is 5.11. The molecule has 2 heterocycles. The number of nitrogens with zero attached hydrogens (tertiary/aromatic N) is 1. The number of nitrogens with one attached hydrogen (secondary N) is 1. The zero-order valence-corrected chi connectivity index (χ0v) is 25.5. The number of pyridine rings is 1. The molecule has 2 aromatic heterocycles. The Morgan fingerprint density at radius 3 is 2.28 bits per heavy atom. The molecule has 5 aromatic rings. The molecule has 220 valence electrons. The number of thiophene rings is 1. The highest BCUT2D eigenvalue weighted by Gasteiger charge is 2.17. The fraction of sp³-hybridized carbons (Fsp3) is 0.176. The Bertz CT molecular complexity index is 1970. The van der Waals surface area contributed by atoms with Gasteiger partial charge >= 0.3 is 0 Å². The Morgan fingerprint density at radius 1 is 0.930 bits per heavy atom. The van der Waals surface area contributed by atoms with Gasteiger partial charge in [-0.2, -0.15) is 0 Å². The van der Waals surface area contributed by atoms with E-state index in [0.717, 1.165) is 21.4 Å². The Morgan fingerprint density at radius 2 is 1.65 bits per heavy atom. The van der Waals surface area contributed by atoms with Crippen molar-refractivity contribution in [2.75, 3.05) is 33.8 Å². The number of benzene rings is 3. The molecule has 0 radical (unpaired) electrons. The van der Waals surface area contributed by atoms with E-state index in [0.29, 0.717) is 50.3 Å². The molecule has 9 heteroatoms. The Labute approximate surface area is 253 Å². The van der Waals surface area contributed by atoms with Crippen molar-refractivity contribution in [3.05, 3.63) is 98.5 Å². The van der Waals surface area contributed by atoms with Crippen molar-refractivity contribution in [1.29, 1.82) is 0 Å². The van der Waals surface area contributed by atoms with Gasteiger partial charge in [0.15, 0.2) is 11.5 Å². The minimum Gasteiger partial charge on any atom is -0.501 e. The van der Waals surface area contributed by atoms with E-state index in [4.69, 9.17) is 18.9 Å². The van der Waals surface area contributed by atoms with Crippen LogP contribution in [0.3, 0.4) is 0 Å². The summed E-state index contributed by atoms with van der Waals surface area (Å²) in [6.07, 6.45) is 0.0706. The van der Waals surface area contributed by atoms with Crippen LogP contribution in [0.25, 0.3) is 39.4 Å². The second kappa shape index (κ2) is 12.5. The van der Waals surface area contributed by atoms with Crippen LogP contribution in [0.2, 0.25) is 0 Å². The Kier molecular flexibility index (Phi) is 8.54. The molecule has 0 bridgehead atoms. The second-order valence-electron chi connectivity index (χ2n) is 9.74. The van der Waals surface area contributed by atoms with Crippen LogP contribution in [0.5, 0.6) is 17.2 Å². The summed E-state index contributed by atoms with van der Waals surface area (Å²) in [6.45, 7) is 6.09. The average molecular weight is 597 g/mol. The summed E-state index contributed by atoms with van der Waals surface area (Å²) in [5.74, 6) is 1.53. The first-order chi connectivity index (χ1) is 20.8. The van der Waals surface area contributed by atoms with Crippen molar-refractivity contribution in [3.8, 4) is 33.4 Å². The van der Waals surface area contributed by atoms with Crippen LogP contribution in [-0.4, -0.2) is 38.9 Å². The maximum Gasteiger partial charge on any atom is 0.266 e. The summed E-state index contributed by atoms with van der Waals surface area (Å²) in [5, 5.41) is 6.81. The normalized spacial score (nSPS) is 11.7. The number of anilines is 1. The monoisotopic (exact) mass is 596 g/mol. The smallest absolute Gasteiger partial charge is 0.266 e. The van der Waals surface area contributed by atoms with Gasteiger partial charge in [-0.3, -0.25) is 14.2 Å². The number of carbonyl (C=O) groups excluding carboxylic acids is 1.